The third kappa shape index (κ3) is 1.61. The van der Waals surface area contributed by atoms with Gasteiger partial charge in [0.1, 0.15) is 6.10 Å². The molecule has 0 saturated carbocycles. The number of β-amino-alcohol motifs (C(OH)–C–C–N with tert-alkyl or cyclic N) is 1. The van der Waals surface area contributed by atoms with Gasteiger partial charge in [-0.1, -0.05) is 0 Å². The van der Waals surface area contributed by atoms with Crippen LogP contribution in [0.1, 0.15) is 6.92 Å². The summed E-state index contributed by atoms with van der Waals surface area (Å²) >= 11 is 0. The Balaban J connectivity index is 1.64. The number of likely N-dealkylation sites (tertiary alicyclic amines) is 1. The molecule has 0 spiro atoms. The van der Waals surface area contributed by atoms with Crippen molar-refractivity contribution < 1.29 is 9.94 Å². The zero-order chi connectivity index (χ0) is 8.77. The van der Waals surface area contributed by atoms with E-state index in [1.807, 2.05) is 12.0 Å². The summed E-state index contributed by atoms with van der Waals surface area (Å²) in [7, 11) is 2.08. The van der Waals surface area contributed by atoms with Crippen molar-refractivity contribution in [2.45, 2.75) is 18.6 Å². The molecule has 0 atom stereocenters. The number of hydroxylamine groups is 2. The molecule has 2 saturated heterocycles. The van der Waals surface area contributed by atoms with Crippen molar-refractivity contribution in [2.24, 2.45) is 0 Å². The molecule has 2 aliphatic rings. The molecule has 4 nitrogen and oxygen atoms in total. The second-order valence-electron chi connectivity index (χ2n) is 4.24. The monoisotopic (exact) mass is 172 g/mol. The molecule has 0 aromatic rings. The van der Waals surface area contributed by atoms with Crippen molar-refractivity contribution in [2.75, 3.05) is 33.2 Å². The highest BCUT2D eigenvalue weighted by atomic mass is 16.7. The van der Waals surface area contributed by atoms with Crippen LogP contribution in [0.2, 0.25) is 0 Å². The summed E-state index contributed by atoms with van der Waals surface area (Å²) in [4.78, 5) is 7.77. The fraction of sp³-hybridized carbons (Fsp3) is 1.00. The Labute approximate surface area is 72.7 Å². The van der Waals surface area contributed by atoms with Gasteiger partial charge in [-0.3, -0.25) is 4.84 Å². The summed E-state index contributed by atoms with van der Waals surface area (Å²) in [6.07, 6.45) is 0.353. The van der Waals surface area contributed by atoms with Gasteiger partial charge in [0, 0.05) is 13.1 Å². The number of aliphatic hydroxyl groups is 1. The van der Waals surface area contributed by atoms with E-state index in [2.05, 4.69) is 11.9 Å². The first-order valence-corrected chi connectivity index (χ1v) is 4.38. The Morgan fingerprint density at radius 2 is 2.00 bits per heavy atom. The number of nitrogens with zero attached hydrogens (tertiary/aromatic N) is 2. The lowest BCUT2D eigenvalue weighted by atomic mass is 10.0. The van der Waals surface area contributed by atoms with E-state index >= 15 is 0 Å². The van der Waals surface area contributed by atoms with E-state index in [0.717, 1.165) is 13.1 Å². The Kier molecular flexibility index (Phi) is 1.88. The second-order valence-corrected chi connectivity index (χ2v) is 4.24. The highest BCUT2D eigenvalue weighted by Gasteiger charge is 2.40. The van der Waals surface area contributed by atoms with Gasteiger partial charge in [-0.25, -0.2) is 0 Å². The van der Waals surface area contributed by atoms with Gasteiger partial charge in [0.2, 0.25) is 0 Å². The summed E-state index contributed by atoms with van der Waals surface area (Å²) < 4.78 is 0. The van der Waals surface area contributed by atoms with Crippen LogP contribution < -0.4 is 0 Å². The van der Waals surface area contributed by atoms with E-state index < -0.39 is 5.60 Å². The lowest BCUT2D eigenvalue weighted by molar-refractivity contribution is -0.305. The SMILES string of the molecule is CN1CC(ON2CC(C)(O)C2)C1. The molecule has 0 aromatic carbocycles. The lowest BCUT2D eigenvalue weighted by Crippen LogP contribution is -2.63. The van der Waals surface area contributed by atoms with Gasteiger partial charge in [0.25, 0.3) is 0 Å². The van der Waals surface area contributed by atoms with Gasteiger partial charge in [0.15, 0.2) is 0 Å². The van der Waals surface area contributed by atoms with Gasteiger partial charge in [-0.05, 0) is 14.0 Å². The van der Waals surface area contributed by atoms with Crippen molar-refractivity contribution in [1.82, 2.24) is 9.96 Å². The van der Waals surface area contributed by atoms with E-state index in [1.54, 1.807) is 0 Å². The molecular formula is C8H16N2O2. The predicted octanol–water partition coefficient (Wildman–Crippen LogP) is -0.701. The molecule has 2 rings (SSSR count). The maximum Gasteiger partial charge on any atom is 0.105 e. The van der Waals surface area contributed by atoms with Crippen LogP contribution in [0.25, 0.3) is 0 Å². The van der Waals surface area contributed by atoms with E-state index in [-0.39, 0.29) is 0 Å². The molecule has 2 aliphatic heterocycles. The minimum atomic E-state index is -0.518. The molecule has 1 N–H and O–H groups in total. The van der Waals surface area contributed by atoms with Gasteiger partial charge in [-0.15, -0.1) is 0 Å². The van der Waals surface area contributed by atoms with Crippen molar-refractivity contribution in [1.29, 1.82) is 0 Å². The highest BCUT2D eigenvalue weighted by molar-refractivity contribution is 4.88. The fourth-order valence-corrected chi connectivity index (χ4v) is 1.71. The molecule has 0 aliphatic carbocycles. The molecule has 0 aromatic heterocycles. The number of likely N-dealkylation sites (N-methyl/N-ethyl adjacent to an activating group) is 1. The van der Waals surface area contributed by atoms with E-state index in [4.69, 9.17) is 4.84 Å². The number of hydrogen-bond acceptors (Lipinski definition) is 4. The van der Waals surface area contributed by atoms with E-state index in [9.17, 15) is 5.11 Å². The third-order valence-corrected chi connectivity index (χ3v) is 2.36. The van der Waals surface area contributed by atoms with Gasteiger partial charge < -0.3 is 10.0 Å². The summed E-state index contributed by atoms with van der Waals surface area (Å²) in [5.74, 6) is 0. The Morgan fingerprint density at radius 3 is 2.42 bits per heavy atom. The van der Waals surface area contributed by atoms with Crippen molar-refractivity contribution >= 4 is 0 Å². The predicted molar refractivity (Wildman–Crippen MR) is 44.6 cm³/mol. The van der Waals surface area contributed by atoms with Crippen molar-refractivity contribution in [3.05, 3.63) is 0 Å². The van der Waals surface area contributed by atoms with Crippen LogP contribution in [0.15, 0.2) is 0 Å². The van der Waals surface area contributed by atoms with Crippen LogP contribution in [0, 0.1) is 0 Å². The normalized spacial score (nSPS) is 31.2. The first-order valence-electron chi connectivity index (χ1n) is 4.38. The fourth-order valence-electron chi connectivity index (χ4n) is 1.71. The summed E-state index contributed by atoms with van der Waals surface area (Å²) in [5, 5.41) is 11.3. The first kappa shape index (κ1) is 8.44. The molecular weight excluding hydrogens is 156 g/mol. The zero-order valence-corrected chi connectivity index (χ0v) is 7.66. The number of rotatable bonds is 2. The standard InChI is InChI=1S/C8H16N2O2/c1-8(11)5-10(6-8)12-7-3-9(2)4-7/h7,11H,3-6H2,1-2H3. The minimum Gasteiger partial charge on any atom is -0.387 e. The van der Waals surface area contributed by atoms with Gasteiger partial charge >= 0.3 is 0 Å². The Hall–Kier alpha value is -0.160. The highest BCUT2D eigenvalue weighted by Crippen LogP contribution is 2.22. The molecule has 4 heteroatoms. The summed E-state index contributed by atoms with van der Waals surface area (Å²) in [5.41, 5.74) is -0.518. The second kappa shape index (κ2) is 2.67. The minimum absolute atomic E-state index is 0.353. The topological polar surface area (TPSA) is 35.9 Å². The Bertz CT molecular complexity index is 170. The average Bonchev–Trinajstić information content (AvgIpc) is 1.80. The molecule has 12 heavy (non-hydrogen) atoms. The van der Waals surface area contributed by atoms with Crippen molar-refractivity contribution in [3.8, 4) is 0 Å². The smallest absolute Gasteiger partial charge is 0.105 e. The summed E-state index contributed by atoms with van der Waals surface area (Å²) in [6, 6.07) is 0. The molecule has 0 bridgehead atoms. The maximum absolute atomic E-state index is 9.41. The molecule has 0 unspecified atom stereocenters. The molecule has 0 amide bonds. The lowest BCUT2D eigenvalue weighted by Gasteiger charge is -2.47. The van der Waals surface area contributed by atoms with Crippen LogP contribution >= 0.6 is 0 Å². The number of hydrogen-bond donors (Lipinski definition) is 1. The van der Waals surface area contributed by atoms with Crippen LogP contribution in [0.5, 0.6) is 0 Å². The maximum atomic E-state index is 9.41. The summed E-state index contributed by atoms with van der Waals surface area (Å²) in [6.45, 7) is 5.15. The van der Waals surface area contributed by atoms with Crippen LogP contribution in [-0.4, -0.2) is 60.0 Å². The largest absolute Gasteiger partial charge is 0.387 e. The molecule has 0 radical (unpaired) electrons. The zero-order valence-electron chi connectivity index (χ0n) is 7.66. The van der Waals surface area contributed by atoms with Gasteiger partial charge in [0.05, 0.1) is 18.7 Å². The average molecular weight is 172 g/mol. The van der Waals surface area contributed by atoms with Crippen LogP contribution in [-0.2, 0) is 4.84 Å². The molecule has 70 valence electrons. The van der Waals surface area contributed by atoms with Crippen LogP contribution in [0.3, 0.4) is 0 Å². The van der Waals surface area contributed by atoms with E-state index in [0.29, 0.717) is 19.2 Å². The van der Waals surface area contributed by atoms with Gasteiger partial charge in [-0.2, -0.15) is 5.06 Å². The van der Waals surface area contributed by atoms with Crippen LogP contribution in [0.4, 0.5) is 0 Å². The quantitative estimate of drug-likeness (QED) is 0.597. The Morgan fingerprint density at radius 1 is 1.42 bits per heavy atom. The first-order chi connectivity index (χ1) is 5.55. The van der Waals surface area contributed by atoms with Crippen molar-refractivity contribution in [3.63, 3.8) is 0 Å². The molecule has 2 heterocycles. The third-order valence-electron chi connectivity index (χ3n) is 2.36. The molecule has 2 fully saturated rings. The van der Waals surface area contributed by atoms with E-state index in [1.165, 1.54) is 0 Å².